The molecule has 0 saturated carbocycles. The van der Waals surface area contributed by atoms with E-state index in [0.29, 0.717) is 11.7 Å². The van der Waals surface area contributed by atoms with Crippen LogP contribution in [-0.4, -0.2) is 32.8 Å². The molecule has 0 spiro atoms. The highest BCUT2D eigenvalue weighted by Crippen LogP contribution is 2.39. The number of nitrogens with zero attached hydrogens (tertiary/aromatic N) is 1. The van der Waals surface area contributed by atoms with Crippen LogP contribution in [0.1, 0.15) is 6.92 Å². The van der Waals surface area contributed by atoms with Crippen LogP contribution in [0.2, 0.25) is 0 Å². The summed E-state index contributed by atoms with van der Waals surface area (Å²) in [6.07, 6.45) is 0.132. The predicted octanol–water partition coefficient (Wildman–Crippen LogP) is 1.07. The van der Waals surface area contributed by atoms with Gasteiger partial charge in [-0.2, -0.15) is 0 Å². The second kappa shape index (κ2) is 4.22. The number of fused-ring (bicyclic) bond motifs is 1. The fourth-order valence-electron chi connectivity index (χ4n) is 2.08. The molecular formula is C12H19N3O. The second-order valence-electron chi connectivity index (χ2n) is 4.26. The van der Waals surface area contributed by atoms with E-state index in [-0.39, 0.29) is 6.10 Å². The number of ether oxygens (including phenoxy) is 1. The summed E-state index contributed by atoms with van der Waals surface area (Å²) in [4.78, 5) is 2.22. The molecule has 1 aliphatic rings. The van der Waals surface area contributed by atoms with Crippen molar-refractivity contribution in [1.82, 2.24) is 5.32 Å². The Morgan fingerprint density at radius 3 is 2.94 bits per heavy atom. The molecule has 1 aromatic carbocycles. The Labute approximate surface area is 96.4 Å². The number of nitrogens with two attached hydrogens (primary N) is 1. The zero-order valence-electron chi connectivity index (χ0n) is 10.0. The largest absolute Gasteiger partial charge is 0.483 e. The molecule has 16 heavy (non-hydrogen) atoms. The lowest BCUT2D eigenvalue weighted by Crippen LogP contribution is -2.50. The first kappa shape index (κ1) is 11.1. The van der Waals surface area contributed by atoms with Crippen molar-refractivity contribution in [3.63, 3.8) is 0 Å². The first-order valence-corrected chi connectivity index (χ1v) is 5.57. The summed E-state index contributed by atoms with van der Waals surface area (Å²) < 4.78 is 5.96. The summed E-state index contributed by atoms with van der Waals surface area (Å²) in [6, 6.07) is 6.21. The number of nitrogens with one attached hydrogen (secondary N) is 1. The first-order chi connectivity index (χ1) is 7.65. The number of nitrogen functional groups attached to an aromatic ring is 1. The van der Waals surface area contributed by atoms with Gasteiger partial charge in [0.25, 0.3) is 0 Å². The molecule has 2 atom stereocenters. The number of likely N-dealkylation sites (N-methyl/N-ethyl adjacent to an activating group) is 2. The lowest BCUT2D eigenvalue weighted by molar-refractivity contribution is 0.162. The summed E-state index contributed by atoms with van der Waals surface area (Å²) in [5, 5.41) is 3.15. The fraction of sp³-hybridized carbons (Fsp3) is 0.500. The van der Waals surface area contributed by atoms with E-state index in [0.717, 1.165) is 18.0 Å². The number of anilines is 2. The smallest absolute Gasteiger partial charge is 0.166 e. The molecule has 1 aromatic rings. The summed E-state index contributed by atoms with van der Waals surface area (Å²) in [7, 11) is 4.01. The van der Waals surface area contributed by atoms with E-state index in [9.17, 15) is 0 Å². The highest BCUT2D eigenvalue weighted by molar-refractivity contribution is 5.71. The van der Waals surface area contributed by atoms with Crippen molar-refractivity contribution in [3.05, 3.63) is 18.2 Å². The Balaban J connectivity index is 2.36. The third-order valence-electron chi connectivity index (χ3n) is 3.23. The normalized spacial score (nSPS) is 23.8. The van der Waals surface area contributed by atoms with Gasteiger partial charge in [0.1, 0.15) is 6.10 Å². The van der Waals surface area contributed by atoms with E-state index in [2.05, 4.69) is 24.2 Å². The van der Waals surface area contributed by atoms with Crippen LogP contribution in [0.4, 0.5) is 11.4 Å². The van der Waals surface area contributed by atoms with E-state index in [1.54, 1.807) is 0 Å². The fourth-order valence-corrected chi connectivity index (χ4v) is 2.08. The second-order valence-corrected chi connectivity index (χ2v) is 4.26. The zero-order valence-corrected chi connectivity index (χ0v) is 10.0. The van der Waals surface area contributed by atoms with E-state index < -0.39 is 0 Å². The van der Waals surface area contributed by atoms with Crippen molar-refractivity contribution in [2.24, 2.45) is 0 Å². The van der Waals surface area contributed by atoms with Gasteiger partial charge in [-0.05, 0) is 26.1 Å². The molecule has 0 aliphatic carbocycles. The number of hydrogen-bond donors (Lipinski definition) is 2. The summed E-state index contributed by atoms with van der Waals surface area (Å²) >= 11 is 0. The Kier molecular flexibility index (Phi) is 2.92. The quantitative estimate of drug-likeness (QED) is 0.734. The minimum absolute atomic E-state index is 0.132. The van der Waals surface area contributed by atoms with Crippen molar-refractivity contribution in [3.8, 4) is 5.75 Å². The topological polar surface area (TPSA) is 50.5 Å². The Morgan fingerprint density at radius 1 is 1.50 bits per heavy atom. The highest BCUT2D eigenvalue weighted by Gasteiger charge is 2.31. The van der Waals surface area contributed by atoms with Crippen LogP contribution in [-0.2, 0) is 0 Å². The minimum atomic E-state index is 0.132. The average Bonchev–Trinajstić information content (AvgIpc) is 2.27. The lowest BCUT2D eigenvalue weighted by Gasteiger charge is -2.40. The van der Waals surface area contributed by atoms with E-state index in [1.807, 2.05) is 25.2 Å². The van der Waals surface area contributed by atoms with Gasteiger partial charge < -0.3 is 20.7 Å². The SMILES string of the molecule is CNCC1Oc2c(N)cccc2N(C)C1C. The van der Waals surface area contributed by atoms with Crippen molar-refractivity contribution in [2.75, 3.05) is 31.3 Å². The van der Waals surface area contributed by atoms with Crippen LogP contribution in [0.5, 0.6) is 5.75 Å². The van der Waals surface area contributed by atoms with E-state index >= 15 is 0 Å². The van der Waals surface area contributed by atoms with Gasteiger partial charge in [0, 0.05) is 13.6 Å². The van der Waals surface area contributed by atoms with Gasteiger partial charge in [0.15, 0.2) is 5.75 Å². The maximum absolute atomic E-state index is 5.96. The van der Waals surface area contributed by atoms with Crippen LogP contribution in [0, 0.1) is 0 Å². The van der Waals surface area contributed by atoms with Gasteiger partial charge in [-0.15, -0.1) is 0 Å². The molecule has 2 unspecified atom stereocenters. The monoisotopic (exact) mass is 221 g/mol. The van der Waals surface area contributed by atoms with Crippen molar-refractivity contribution >= 4 is 11.4 Å². The Bertz CT molecular complexity index is 381. The molecule has 2 rings (SSSR count). The van der Waals surface area contributed by atoms with Gasteiger partial charge in [0.2, 0.25) is 0 Å². The van der Waals surface area contributed by atoms with E-state index in [4.69, 9.17) is 10.5 Å². The van der Waals surface area contributed by atoms with Gasteiger partial charge in [-0.3, -0.25) is 0 Å². The number of hydrogen-bond acceptors (Lipinski definition) is 4. The van der Waals surface area contributed by atoms with Gasteiger partial charge in [-0.1, -0.05) is 6.07 Å². The maximum atomic E-state index is 5.96. The summed E-state index contributed by atoms with van der Waals surface area (Å²) in [6.45, 7) is 2.98. The van der Waals surface area contributed by atoms with Crippen LogP contribution < -0.4 is 20.7 Å². The molecule has 0 bridgehead atoms. The molecule has 1 heterocycles. The molecule has 1 aliphatic heterocycles. The van der Waals surface area contributed by atoms with Crippen molar-refractivity contribution in [1.29, 1.82) is 0 Å². The standard InChI is InChI=1S/C12H19N3O/c1-8-11(7-14-2)16-12-9(13)5-4-6-10(12)15(8)3/h4-6,8,11,14H,7,13H2,1-3H3. The number of para-hydroxylation sites is 1. The first-order valence-electron chi connectivity index (χ1n) is 5.57. The minimum Gasteiger partial charge on any atom is -0.483 e. The summed E-state index contributed by atoms with van der Waals surface area (Å²) in [5.41, 5.74) is 7.71. The lowest BCUT2D eigenvalue weighted by atomic mass is 10.1. The van der Waals surface area contributed by atoms with Crippen LogP contribution >= 0.6 is 0 Å². The van der Waals surface area contributed by atoms with Crippen molar-refractivity contribution < 1.29 is 4.74 Å². The van der Waals surface area contributed by atoms with Crippen LogP contribution in [0.3, 0.4) is 0 Å². The molecule has 4 nitrogen and oxygen atoms in total. The summed E-state index contributed by atoms with van der Waals surface area (Å²) in [5.74, 6) is 0.809. The molecule has 0 amide bonds. The predicted molar refractivity (Wildman–Crippen MR) is 67.1 cm³/mol. The van der Waals surface area contributed by atoms with E-state index in [1.165, 1.54) is 0 Å². The van der Waals surface area contributed by atoms with Gasteiger partial charge in [0.05, 0.1) is 17.4 Å². The van der Waals surface area contributed by atoms with Crippen molar-refractivity contribution in [2.45, 2.75) is 19.1 Å². The molecule has 4 heteroatoms. The van der Waals surface area contributed by atoms with Crippen LogP contribution in [0.25, 0.3) is 0 Å². The number of benzene rings is 1. The molecule has 88 valence electrons. The van der Waals surface area contributed by atoms with Gasteiger partial charge in [-0.25, -0.2) is 0 Å². The molecule has 3 N–H and O–H groups in total. The Hall–Kier alpha value is -1.42. The zero-order chi connectivity index (χ0) is 11.7. The molecule has 0 aromatic heterocycles. The molecule has 0 fully saturated rings. The third-order valence-corrected chi connectivity index (χ3v) is 3.23. The number of rotatable bonds is 2. The Morgan fingerprint density at radius 2 is 2.25 bits per heavy atom. The molecule has 0 radical (unpaired) electrons. The third kappa shape index (κ3) is 1.69. The molecular weight excluding hydrogens is 202 g/mol. The maximum Gasteiger partial charge on any atom is 0.166 e. The van der Waals surface area contributed by atoms with Gasteiger partial charge >= 0.3 is 0 Å². The highest BCUT2D eigenvalue weighted by atomic mass is 16.5. The van der Waals surface area contributed by atoms with Crippen LogP contribution in [0.15, 0.2) is 18.2 Å². The molecule has 0 saturated heterocycles. The average molecular weight is 221 g/mol.